The molecule has 1 heterocycles. The standard InChI is InChI=1S/C14H16ClNO2/c1-14(2)12(17)6-7-16(14)13(18)9-10-4-3-5-11(15)8-10/h3-5,8H,6-7,9H2,1-2H3. The second-order valence-corrected chi connectivity index (χ2v) is 5.52. The number of benzene rings is 1. The van der Waals surface area contributed by atoms with Gasteiger partial charge in [-0.15, -0.1) is 0 Å². The highest BCUT2D eigenvalue weighted by molar-refractivity contribution is 6.30. The van der Waals surface area contributed by atoms with Crippen molar-refractivity contribution < 1.29 is 9.59 Å². The molecule has 2 rings (SSSR count). The maximum Gasteiger partial charge on any atom is 0.227 e. The van der Waals surface area contributed by atoms with Crippen molar-refractivity contribution in [2.75, 3.05) is 6.54 Å². The topological polar surface area (TPSA) is 37.4 Å². The van der Waals surface area contributed by atoms with Crippen LogP contribution in [0.3, 0.4) is 0 Å². The van der Waals surface area contributed by atoms with Crippen LogP contribution in [-0.2, 0) is 16.0 Å². The Hall–Kier alpha value is -1.35. The number of nitrogens with zero attached hydrogens (tertiary/aromatic N) is 1. The number of likely N-dealkylation sites (tertiary alicyclic amines) is 1. The first-order chi connectivity index (χ1) is 8.41. The molecule has 1 aromatic rings. The SMILES string of the molecule is CC1(C)C(=O)CCN1C(=O)Cc1cccc(Cl)c1. The second-order valence-electron chi connectivity index (χ2n) is 5.08. The minimum atomic E-state index is -0.671. The number of amides is 1. The lowest BCUT2D eigenvalue weighted by Crippen LogP contribution is -2.46. The van der Waals surface area contributed by atoms with Crippen molar-refractivity contribution in [3.8, 4) is 0 Å². The number of rotatable bonds is 2. The van der Waals surface area contributed by atoms with Crippen LogP contribution < -0.4 is 0 Å². The Balaban J connectivity index is 2.12. The Morgan fingerprint density at radius 2 is 2.17 bits per heavy atom. The van der Waals surface area contributed by atoms with Gasteiger partial charge in [0.25, 0.3) is 0 Å². The molecule has 0 radical (unpaired) electrons. The van der Waals surface area contributed by atoms with Gasteiger partial charge in [0.2, 0.25) is 5.91 Å². The third-order valence-electron chi connectivity index (χ3n) is 3.47. The van der Waals surface area contributed by atoms with Crippen LogP contribution in [0.25, 0.3) is 0 Å². The monoisotopic (exact) mass is 265 g/mol. The summed E-state index contributed by atoms with van der Waals surface area (Å²) in [7, 11) is 0. The molecule has 0 N–H and O–H groups in total. The average molecular weight is 266 g/mol. The van der Waals surface area contributed by atoms with Gasteiger partial charge in [0.05, 0.1) is 12.0 Å². The molecule has 18 heavy (non-hydrogen) atoms. The Labute approximate surface area is 112 Å². The van der Waals surface area contributed by atoms with E-state index in [-0.39, 0.29) is 18.1 Å². The van der Waals surface area contributed by atoms with Gasteiger partial charge >= 0.3 is 0 Å². The van der Waals surface area contributed by atoms with E-state index >= 15 is 0 Å². The summed E-state index contributed by atoms with van der Waals surface area (Å²) in [5, 5.41) is 0.622. The minimum Gasteiger partial charge on any atom is -0.330 e. The van der Waals surface area contributed by atoms with Crippen molar-refractivity contribution in [1.29, 1.82) is 0 Å². The van der Waals surface area contributed by atoms with E-state index in [0.717, 1.165) is 5.56 Å². The van der Waals surface area contributed by atoms with Crippen molar-refractivity contribution in [3.63, 3.8) is 0 Å². The highest BCUT2D eigenvalue weighted by atomic mass is 35.5. The molecule has 1 aromatic carbocycles. The molecule has 4 heteroatoms. The maximum atomic E-state index is 12.2. The van der Waals surface area contributed by atoms with E-state index in [1.54, 1.807) is 30.9 Å². The van der Waals surface area contributed by atoms with Crippen molar-refractivity contribution in [3.05, 3.63) is 34.9 Å². The van der Waals surface area contributed by atoms with Gasteiger partial charge in [-0.25, -0.2) is 0 Å². The summed E-state index contributed by atoms with van der Waals surface area (Å²) in [6.07, 6.45) is 0.742. The fraction of sp³-hybridized carbons (Fsp3) is 0.429. The zero-order valence-corrected chi connectivity index (χ0v) is 11.3. The summed E-state index contributed by atoms with van der Waals surface area (Å²) in [6.45, 7) is 4.13. The van der Waals surface area contributed by atoms with Gasteiger partial charge in [-0.05, 0) is 31.5 Å². The number of hydrogen-bond donors (Lipinski definition) is 0. The quantitative estimate of drug-likeness (QED) is 0.824. The molecule has 96 valence electrons. The second kappa shape index (κ2) is 4.73. The van der Waals surface area contributed by atoms with Crippen LogP contribution in [0, 0.1) is 0 Å². The summed E-state index contributed by atoms with van der Waals surface area (Å²) in [4.78, 5) is 25.6. The molecule has 3 nitrogen and oxygen atoms in total. The zero-order valence-electron chi connectivity index (χ0n) is 10.6. The zero-order chi connectivity index (χ0) is 13.3. The lowest BCUT2D eigenvalue weighted by Gasteiger charge is -2.30. The lowest BCUT2D eigenvalue weighted by molar-refractivity contribution is -0.138. The van der Waals surface area contributed by atoms with E-state index in [4.69, 9.17) is 11.6 Å². The molecular formula is C14H16ClNO2. The molecule has 0 atom stereocenters. The van der Waals surface area contributed by atoms with Crippen molar-refractivity contribution in [1.82, 2.24) is 4.90 Å². The van der Waals surface area contributed by atoms with Crippen LogP contribution in [0.5, 0.6) is 0 Å². The van der Waals surface area contributed by atoms with Gasteiger partial charge in [-0.1, -0.05) is 23.7 Å². The van der Waals surface area contributed by atoms with Crippen LogP contribution in [-0.4, -0.2) is 28.7 Å². The Kier molecular flexibility index (Phi) is 3.44. The molecule has 0 aliphatic carbocycles. The highest BCUT2D eigenvalue weighted by Gasteiger charge is 2.42. The summed E-state index contributed by atoms with van der Waals surface area (Å²) >= 11 is 5.89. The molecule has 1 saturated heterocycles. The van der Waals surface area contributed by atoms with Crippen molar-refractivity contribution in [2.24, 2.45) is 0 Å². The smallest absolute Gasteiger partial charge is 0.227 e. The van der Waals surface area contributed by atoms with E-state index in [9.17, 15) is 9.59 Å². The molecule has 1 aliphatic rings. The van der Waals surface area contributed by atoms with E-state index < -0.39 is 5.54 Å². The first-order valence-electron chi connectivity index (χ1n) is 5.99. The largest absolute Gasteiger partial charge is 0.330 e. The van der Waals surface area contributed by atoms with Gasteiger partial charge in [-0.3, -0.25) is 9.59 Å². The molecule has 1 amide bonds. The summed E-state index contributed by atoms with van der Waals surface area (Å²) in [5.41, 5.74) is 0.206. The third-order valence-corrected chi connectivity index (χ3v) is 3.70. The molecule has 1 aliphatic heterocycles. The summed E-state index contributed by atoms with van der Waals surface area (Å²) in [5.74, 6) is 0.107. The van der Waals surface area contributed by atoms with Gasteiger partial charge < -0.3 is 4.90 Å². The minimum absolute atomic E-state index is 0.0203. The predicted molar refractivity (Wildman–Crippen MR) is 70.6 cm³/mol. The van der Waals surface area contributed by atoms with Gasteiger partial charge in [0.15, 0.2) is 5.78 Å². The normalized spacial score (nSPS) is 18.2. The van der Waals surface area contributed by atoms with Crippen LogP contribution >= 0.6 is 11.6 Å². The van der Waals surface area contributed by atoms with E-state index in [0.29, 0.717) is 18.0 Å². The molecule has 0 bridgehead atoms. The summed E-state index contributed by atoms with van der Waals surface area (Å²) in [6, 6.07) is 7.25. The van der Waals surface area contributed by atoms with Gasteiger partial charge in [0, 0.05) is 18.0 Å². The van der Waals surface area contributed by atoms with Gasteiger partial charge in [0.1, 0.15) is 0 Å². The Morgan fingerprint density at radius 3 is 2.72 bits per heavy atom. The van der Waals surface area contributed by atoms with Crippen molar-refractivity contribution >= 4 is 23.3 Å². The highest BCUT2D eigenvalue weighted by Crippen LogP contribution is 2.26. The van der Waals surface area contributed by atoms with Crippen LogP contribution in [0.4, 0.5) is 0 Å². The third kappa shape index (κ3) is 2.41. The average Bonchev–Trinajstić information content (AvgIpc) is 2.54. The van der Waals surface area contributed by atoms with Crippen molar-refractivity contribution in [2.45, 2.75) is 32.2 Å². The predicted octanol–water partition coefficient (Wildman–Crippen LogP) is 2.46. The maximum absolute atomic E-state index is 12.2. The molecule has 0 aromatic heterocycles. The van der Waals surface area contributed by atoms with Crippen LogP contribution in [0.15, 0.2) is 24.3 Å². The Bertz CT molecular complexity index is 496. The first kappa shape index (κ1) is 13.1. The van der Waals surface area contributed by atoms with E-state index in [1.165, 1.54) is 0 Å². The van der Waals surface area contributed by atoms with Crippen LogP contribution in [0.2, 0.25) is 5.02 Å². The fourth-order valence-electron chi connectivity index (χ4n) is 2.30. The van der Waals surface area contributed by atoms with Gasteiger partial charge in [-0.2, -0.15) is 0 Å². The fourth-order valence-corrected chi connectivity index (χ4v) is 2.52. The lowest BCUT2D eigenvalue weighted by atomic mass is 10.00. The number of halogens is 1. The summed E-state index contributed by atoms with van der Waals surface area (Å²) < 4.78 is 0. The molecule has 0 unspecified atom stereocenters. The molecule has 1 fully saturated rings. The molecule has 0 spiro atoms. The number of hydrogen-bond acceptors (Lipinski definition) is 2. The van der Waals surface area contributed by atoms with E-state index in [2.05, 4.69) is 0 Å². The van der Waals surface area contributed by atoms with Crippen LogP contribution in [0.1, 0.15) is 25.8 Å². The first-order valence-corrected chi connectivity index (χ1v) is 6.37. The number of carbonyl (C=O) groups excluding carboxylic acids is 2. The molecule has 0 saturated carbocycles. The Morgan fingerprint density at radius 1 is 1.44 bits per heavy atom. The number of carbonyl (C=O) groups is 2. The van der Waals surface area contributed by atoms with E-state index in [1.807, 2.05) is 12.1 Å². The number of ketones is 1. The molecular weight excluding hydrogens is 250 g/mol. The number of Topliss-reactive ketones (excluding diaryl/α,β-unsaturated/α-hetero) is 1.